The maximum absolute atomic E-state index is 12.1. The van der Waals surface area contributed by atoms with Crippen LogP contribution in [0.1, 0.15) is 16.9 Å². The zero-order valence-corrected chi connectivity index (χ0v) is 14.9. The minimum atomic E-state index is 0.0173. The van der Waals surface area contributed by atoms with Crippen LogP contribution in [-0.4, -0.2) is 35.0 Å². The van der Waals surface area contributed by atoms with E-state index < -0.39 is 0 Å². The lowest BCUT2D eigenvalue weighted by Gasteiger charge is -2.22. The summed E-state index contributed by atoms with van der Waals surface area (Å²) in [6.07, 6.45) is 3.03. The number of hydrogen-bond donors (Lipinski definition) is 2. The maximum atomic E-state index is 12.1. The highest BCUT2D eigenvalue weighted by Gasteiger charge is 2.17. The number of thiazole rings is 1. The van der Waals surface area contributed by atoms with Crippen molar-refractivity contribution in [2.75, 3.05) is 23.4 Å². The molecule has 7 heteroatoms. The van der Waals surface area contributed by atoms with Crippen molar-refractivity contribution in [1.82, 2.24) is 10.3 Å². The molecule has 0 saturated carbocycles. The fraction of sp³-hybridized carbons (Fsp3) is 0.375. The summed E-state index contributed by atoms with van der Waals surface area (Å²) in [7, 11) is 0. The first-order chi connectivity index (χ1) is 11.2. The summed E-state index contributed by atoms with van der Waals surface area (Å²) in [4.78, 5) is 17.5. The van der Waals surface area contributed by atoms with Gasteiger partial charge in [0.1, 0.15) is 0 Å². The van der Waals surface area contributed by atoms with Gasteiger partial charge in [-0.2, -0.15) is 11.8 Å². The van der Waals surface area contributed by atoms with Crippen LogP contribution in [0.5, 0.6) is 0 Å². The van der Waals surface area contributed by atoms with Gasteiger partial charge in [0.2, 0.25) is 5.91 Å². The first kappa shape index (κ1) is 16.8. The van der Waals surface area contributed by atoms with Crippen LogP contribution in [-0.2, 0) is 11.2 Å². The Morgan fingerprint density at radius 2 is 2.30 bits per heavy atom. The monoisotopic (exact) mass is 367 g/mol. The number of thioether (sulfide) groups is 1. The predicted octanol–water partition coefficient (Wildman–Crippen LogP) is 3.42. The Hall–Kier alpha value is -1.08. The van der Waals surface area contributed by atoms with E-state index in [0.29, 0.717) is 11.6 Å². The molecule has 1 fully saturated rings. The van der Waals surface area contributed by atoms with Crippen LogP contribution in [0.15, 0.2) is 30.5 Å². The van der Waals surface area contributed by atoms with E-state index in [1.54, 1.807) is 6.20 Å². The summed E-state index contributed by atoms with van der Waals surface area (Å²) in [5.41, 5.74) is 1.07. The highest BCUT2D eigenvalue weighted by Crippen LogP contribution is 2.24. The van der Waals surface area contributed by atoms with Crippen molar-refractivity contribution in [2.24, 2.45) is 0 Å². The molecule has 1 atom stereocenters. The molecule has 2 N–H and O–H groups in total. The van der Waals surface area contributed by atoms with Crippen molar-refractivity contribution in [3.05, 3.63) is 45.9 Å². The number of nitrogens with zero attached hydrogens (tertiary/aromatic N) is 1. The normalized spacial score (nSPS) is 17.9. The summed E-state index contributed by atoms with van der Waals surface area (Å²) < 4.78 is 0. The van der Waals surface area contributed by atoms with E-state index in [2.05, 4.69) is 15.6 Å². The minimum Gasteiger partial charge on any atom is -0.312 e. The van der Waals surface area contributed by atoms with Gasteiger partial charge in [-0.25, -0.2) is 4.98 Å². The molecule has 1 aromatic carbocycles. The zero-order valence-electron chi connectivity index (χ0n) is 12.5. The third-order valence-electron chi connectivity index (χ3n) is 3.55. The van der Waals surface area contributed by atoms with Gasteiger partial charge in [0.15, 0.2) is 5.13 Å². The van der Waals surface area contributed by atoms with E-state index in [9.17, 15) is 4.79 Å². The Kier molecular flexibility index (Phi) is 5.94. The molecule has 0 radical (unpaired) electrons. The van der Waals surface area contributed by atoms with Crippen molar-refractivity contribution < 1.29 is 4.79 Å². The van der Waals surface area contributed by atoms with Gasteiger partial charge in [-0.15, -0.1) is 11.3 Å². The number of rotatable bonds is 5. The van der Waals surface area contributed by atoms with Crippen molar-refractivity contribution in [1.29, 1.82) is 0 Å². The molecule has 4 nitrogen and oxygen atoms in total. The number of nitrogens with one attached hydrogen (secondary N) is 2. The molecule has 2 aromatic rings. The van der Waals surface area contributed by atoms with Crippen LogP contribution in [0.3, 0.4) is 0 Å². The van der Waals surface area contributed by atoms with Gasteiger partial charge in [-0.05, 0) is 11.6 Å². The summed E-state index contributed by atoms with van der Waals surface area (Å²) in [6, 6.07) is 8.04. The average molecular weight is 368 g/mol. The molecule has 1 aliphatic heterocycles. The molecule has 0 bridgehead atoms. The Morgan fingerprint density at radius 1 is 1.43 bits per heavy atom. The van der Waals surface area contributed by atoms with Crippen molar-refractivity contribution >= 4 is 45.7 Å². The van der Waals surface area contributed by atoms with E-state index in [1.165, 1.54) is 11.3 Å². The number of benzene rings is 1. The van der Waals surface area contributed by atoms with Crippen molar-refractivity contribution in [3.63, 3.8) is 0 Å². The zero-order chi connectivity index (χ0) is 16.1. The second-order valence-electron chi connectivity index (χ2n) is 5.38. The molecule has 1 amide bonds. The molecule has 0 spiro atoms. The van der Waals surface area contributed by atoms with Crippen LogP contribution in [0.4, 0.5) is 5.13 Å². The molecular formula is C16H18ClN3OS2. The molecule has 2 heterocycles. The van der Waals surface area contributed by atoms with Gasteiger partial charge in [-0.3, -0.25) is 4.79 Å². The fourth-order valence-corrected chi connectivity index (χ4v) is 4.42. The van der Waals surface area contributed by atoms with Crippen LogP contribution in [0.2, 0.25) is 5.02 Å². The standard InChI is InChI=1S/C16H18ClN3OS2/c17-14-4-2-1-3-11(14)7-13-9-19-16(23-13)20-15(21)8-12-10-22-6-5-18-12/h1-4,9,12,18H,5-8,10H2,(H,19,20,21). The second-order valence-corrected chi connectivity index (χ2v) is 8.05. The van der Waals surface area contributed by atoms with Gasteiger partial charge in [0.05, 0.1) is 0 Å². The molecule has 1 aromatic heterocycles. The summed E-state index contributed by atoms with van der Waals surface area (Å²) >= 11 is 9.57. The number of carbonyl (C=O) groups excluding carboxylic acids is 1. The Balaban J connectivity index is 1.54. The quantitative estimate of drug-likeness (QED) is 0.850. The van der Waals surface area contributed by atoms with Crippen LogP contribution in [0, 0.1) is 0 Å². The number of aromatic nitrogens is 1. The highest BCUT2D eigenvalue weighted by molar-refractivity contribution is 7.99. The van der Waals surface area contributed by atoms with E-state index in [4.69, 9.17) is 11.6 Å². The third-order valence-corrected chi connectivity index (χ3v) is 5.97. The van der Waals surface area contributed by atoms with Crippen LogP contribution >= 0.6 is 34.7 Å². The molecule has 23 heavy (non-hydrogen) atoms. The lowest BCUT2D eigenvalue weighted by atomic mass is 10.1. The van der Waals surface area contributed by atoms with Crippen LogP contribution < -0.4 is 10.6 Å². The predicted molar refractivity (Wildman–Crippen MR) is 98.7 cm³/mol. The Bertz CT molecular complexity index is 671. The van der Waals surface area contributed by atoms with E-state index in [-0.39, 0.29) is 11.9 Å². The molecule has 1 unspecified atom stereocenters. The van der Waals surface area contributed by atoms with Gasteiger partial charge >= 0.3 is 0 Å². The Morgan fingerprint density at radius 3 is 3.09 bits per heavy atom. The van der Waals surface area contributed by atoms with Gasteiger partial charge in [0, 0.05) is 53.0 Å². The number of anilines is 1. The number of halogens is 1. The minimum absolute atomic E-state index is 0.0173. The lowest BCUT2D eigenvalue weighted by Crippen LogP contribution is -2.39. The summed E-state index contributed by atoms with van der Waals surface area (Å²) in [5, 5.41) is 7.67. The van der Waals surface area contributed by atoms with E-state index in [1.807, 2.05) is 36.0 Å². The molecule has 1 aliphatic rings. The summed E-state index contributed by atoms with van der Waals surface area (Å²) in [5.74, 6) is 2.13. The van der Waals surface area contributed by atoms with Gasteiger partial charge in [-0.1, -0.05) is 29.8 Å². The smallest absolute Gasteiger partial charge is 0.227 e. The van der Waals surface area contributed by atoms with Crippen molar-refractivity contribution in [2.45, 2.75) is 18.9 Å². The molecule has 0 aliphatic carbocycles. The number of carbonyl (C=O) groups is 1. The summed E-state index contributed by atoms with van der Waals surface area (Å²) in [6.45, 7) is 0.974. The topological polar surface area (TPSA) is 54.0 Å². The molecule has 3 rings (SSSR count). The lowest BCUT2D eigenvalue weighted by molar-refractivity contribution is -0.116. The molecule has 122 valence electrons. The fourth-order valence-electron chi connectivity index (χ4n) is 2.42. The highest BCUT2D eigenvalue weighted by atomic mass is 35.5. The molecular weight excluding hydrogens is 350 g/mol. The van der Waals surface area contributed by atoms with Crippen LogP contribution in [0.25, 0.3) is 0 Å². The first-order valence-electron chi connectivity index (χ1n) is 7.50. The largest absolute Gasteiger partial charge is 0.312 e. The number of amides is 1. The third kappa shape index (κ3) is 4.94. The average Bonchev–Trinajstić information content (AvgIpc) is 2.97. The van der Waals surface area contributed by atoms with Gasteiger partial charge < -0.3 is 10.6 Å². The second kappa shape index (κ2) is 8.15. The Labute approximate surface area is 149 Å². The first-order valence-corrected chi connectivity index (χ1v) is 9.85. The van der Waals surface area contributed by atoms with Gasteiger partial charge in [0.25, 0.3) is 0 Å². The van der Waals surface area contributed by atoms with Crippen molar-refractivity contribution in [3.8, 4) is 0 Å². The SMILES string of the molecule is O=C(CC1CSCCN1)Nc1ncc(Cc2ccccc2Cl)s1. The van der Waals surface area contributed by atoms with E-state index in [0.717, 1.165) is 39.9 Å². The number of hydrogen-bond acceptors (Lipinski definition) is 5. The maximum Gasteiger partial charge on any atom is 0.227 e. The van der Waals surface area contributed by atoms with E-state index >= 15 is 0 Å². The molecule has 1 saturated heterocycles.